The van der Waals surface area contributed by atoms with E-state index in [1.165, 1.54) is 0 Å². The number of rotatable bonds is 2. The van der Waals surface area contributed by atoms with Crippen LogP contribution in [0.3, 0.4) is 0 Å². The van der Waals surface area contributed by atoms with Gasteiger partial charge in [0.2, 0.25) is 0 Å². The molecule has 3 nitrogen and oxygen atoms in total. The van der Waals surface area contributed by atoms with Gasteiger partial charge in [0, 0.05) is 11.1 Å². The van der Waals surface area contributed by atoms with E-state index in [-0.39, 0.29) is 5.97 Å². The molecule has 1 aliphatic heterocycles. The van der Waals surface area contributed by atoms with Crippen molar-refractivity contribution < 1.29 is 14.3 Å². The van der Waals surface area contributed by atoms with Crippen LogP contribution in [-0.2, 0) is 4.79 Å². The van der Waals surface area contributed by atoms with Gasteiger partial charge in [0.05, 0.1) is 0 Å². The Bertz CT molecular complexity index is 959. The minimum atomic E-state index is -0.504. The van der Waals surface area contributed by atoms with Crippen LogP contribution in [0.15, 0.2) is 60.7 Å². The predicted octanol–water partition coefficient (Wildman–Crippen LogP) is 5.46. The molecule has 0 fully saturated rings. The third-order valence-electron chi connectivity index (χ3n) is 4.99. The number of para-hydroxylation sites is 2. The summed E-state index contributed by atoms with van der Waals surface area (Å²) >= 11 is 0. The van der Waals surface area contributed by atoms with E-state index in [0.29, 0.717) is 17.2 Å². The highest BCUT2D eigenvalue weighted by Crippen LogP contribution is 2.44. The van der Waals surface area contributed by atoms with Crippen molar-refractivity contribution in [3.63, 3.8) is 0 Å². The van der Waals surface area contributed by atoms with Crippen molar-refractivity contribution in [1.29, 1.82) is 0 Å². The zero-order chi connectivity index (χ0) is 18.3. The molecule has 0 unspecified atom stereocenters. The molecule has 0 bridgehead atoms. The topological polar surface area (TPSA) is 35.5 Å². The highest BCUT2D eigenvalue weighted by Gasteiger charge is 2.34. The lowest BCUT2D eigenvalue weighted by molar-refractivity contribution is -0.135. The summed E-state index contributed by atoms with van der Waals surface area (Å²) in [5.74, 6) is 1.26. The number of hydrogen-bond donors (Lipinski definition) is 0. The van der Waals surface area contributed by atoms with Gasteiger partial charge in [0.15, 0.2) is 0 Å². The van der Waals surface area contributed by atoms with E-state index in [9.17, 15) is 4.79 Å². The van der Waals surface area contributed by atoms with Gasteiger partial charge in [-0.05, 0) is 49.6 Å². The monoisotopic (exact) mass is 344 g/mol. The molecule has 0 saturated heterocycles. The molecule has 3 heteroatoms. The quantitative estimate of drug-likeness (QED) is 0.458. The molecule has 0 atom stereocenters. The van der Waals surface area contributed by atoms with Crippen LogP contribution >= 0.6 is 0 Å². The Morgan fingerprint density at radius 2 is 1.35 bits per heavy atom. The Morgan fingerprint density at radius 3 is 1.96 bits per heavy atom. The average Bonchev–Trinajstić information content (AvgIpc) is 2.66. The zero-order valence-electron chi connectivity index (χ0n) is 15.1. The third-order valence-corrected chi connectivity index (χ3v) is 4.99. The Morgan fingerprint density at radius 1 is 0.808 bits per heavy atom. The summed E-state index contributed by atoms with van der Waals surface area (Å²) in [7, 11) is 0. The number of esters is 1. The smallest absolute Gasteiger partial charge is 0.323 e. The van der Waals surface area contributed by atoms with Gasteiger partial charge in [0.25, 0.3) is 0 Å². The summed E-state index contributed by atoms with van der Waals surface area (Å²) in [6.45, 7) is 5.96. The van der Waals surface area contributed by atoms with Gasteiger partial charge < -0.3 is 9.47 Å². The predicted molar refractivity (Wildman–Crippen MR) is 101 cm³/mol. The lowest BCUT2D eigenvalue weighted by Gasteiger charge is -2.27. The first-order chi connectivity index (χ1) is 12.6. The number of aryl methyl sites for hydroxylation is 2. The minimum Gasteiger partial charge on any atom is -0.457 e. The van der Waals surface area contributed by atoms with Gasteiger partial charge in [-0.3, -0.25) is 4.79 Å². The van der Waals surface area contributed by atoms with Crippen LogP contribution in [0.5, 0.6) is 17.2 Å². The Kier molecular flexibility index (Phi) is 4.00. The van der Waals surface area contributed by atoms with Crippen molar-refractivity contribution in [2.24, 2.45) is 0 Å². The summed E-state index contributed by atoms with van der Waals surface area (Å²) in [5.41, 5.74) is 4.71. The lowest BCUT2D eigenvalue weighted by atomic mass is 9.88. The molecule has 130 valence electrons. The SMILES string of the molecule is Cc1ccc(C)c(OC(=O)C2c3ccccc3Oc3ccccc32)c1C. The van der Waals surface area contributed by atoms with E-state index >= 15 is 0 Å². The van der Waals surface area contributed by atoms with Crippen molar-refractivity contribution in [3.05, 3.63) is 88.5 Å². The van der Waals surface area contributed by atoms with Crippen molar-refractivity contribution in [2.45, 2.75) is 26.7 Å². The zero-order valence-corrected chi connectivity index (χ0v) is 15.1. The molecule has 4 rings (SSSR count). The summed E-state index contributed by atoms with van der Waals surface area (Å²) < 4.78 is 11.9. The standard InChI is InChI=1S/C23H20O3/c1-14-12-13-15(2)22(16(14)3)26-23(24)21-17-8-4-6-10-19(17)25-20-11-7-5-9-18(20)21/h4-13,21H,1-3H3. The molecule has 26 heavy (non-hydrogen) atoms. The van der Waals surface area contributed by atoms with Gasteiger partial charge in [-0.1, -0.05) is 48.5 Å². The van der Waals surface area contributed by atoms with Crippen LogP contribution < -0.4 is 9.47 Å². The van der Waals surface area contributed by atoms with E-state index < -0.39 is 5.92 Å². The maximum absolute atomic E-state index is 13.2. The lowest BCUT2D eigenvalue weighted by Crippen LogP contribution is -2.24. The van der Waals surface area contributed by atoms with E-state index in [2.05, 4.69) is 0 Å². The van der Waals surface area contributed by atoms with Gasteiger partial charge in [0.1, 0.15) is 23.2 Å². The second-order valence-corrected chi connectivity index (χ2v) is 6.69. The van der Waals surface area contributed by atoms with Crippen molar-refractivity contribution in [3.8, 4) is 17.2 Å². The van der Waals surface area contributed by atoms with E-state index in [0.717, 1.165) is 27.8 Å². The number of carbonyl (C=O) groups is 1. The number of fused-ring (bicyclic) bond motifs is 2. The van der Waals surface area contributed by atoms with Crippen LogP contribution in [0.2, 0.25) is 0 Å². The molecule has 0 radical (unpaired) electrons. The first-order valence-corrected chi connectivity index (χ1v) is 8.70. The molecule has 0 spiro atoms. The van der Waals surface area contributed by atoms with Crippen molar-refractivity contribution in [1.82, 2.24) is 0 Å². The molecule has 3 aromatic rings. The third kappa shape index (κ3) is 2.66. The fourth-order valence-electron chi connectivity index (χ4n) is 3.41. The summed E-state index contributed by atoms with van der Waals surface area (Å²) in [6, 6.07) is 19.3. The molecule has 0 aliphatic carbocycles. The van der Waals surface area contributed by atoms with Crippen molar-refractivity contribution in [2.75, 3.05) is 0 Å². The maximum atomic E-state index is 13.2. The van der Waals surface area contributed by atoms with E-state index in [1.807, 2.05) is 81.4 Å². The maximum Gasteiger partial charge on any atom is 0.323 e. The number of hydrogen-bond acceptors (Lipinski definition) is 3. The highest BCUT2D eigenvalue weighted by atomic mass is 16.5. The number of ether oxygens (including phenoxy) is 2. The number of benzene rings is 3. The van der Waals surface area contributed by atoms with Gasteiger partial charge in [-0.25, -0.2) is 0 Å². The summed E-state index contributed by atoms with van der Waals surface area (Å²) in [5, 5.41) is 0. The molecule has 0 N–H and O–H groups in total. The molecule has 0 saturated carbocycles. The van der Waals surface area contributed by atoms with Gasteiger partial charge in [-0.2, -0.15) is 0 Å². The normalized spacial score (nSPS) is 12.7. The fourth-order valence-corrected chi connectivity index (χ4v) is 3.41. The molecule has 1 heterocycles. The molecular weight excluding hydrogens is 324 g/mol. The molecule has 3 aromatic carbocycles. The van der Waals surface area contributed by atoms with Crippen LogP contribution in [0.1, 0.15) is 33.7 Å². The van der Waals surface area contributed by atoms with Gasteiger partial charge in [-0.15, -0.1) is 0 Å². The second-order valence-electron chi connectivity index (χ2n) is 6.69. The molecule has 1 aliphatic rings. The average molecular weight is 344 g/mol. The summed E-state index contributed by atoms with van der Waals surface area (Å²) in [6.07, 6.45) is 0. The van der Waals surface area contributed by atoms with E-state index in [4.69, 9.17) is 9.47 Å². The Balaban J connectivity index is 1.79. The van der Waals surface area contributed by atoms with Crippen LogP contribution in [0, 0.1) is 20.8 Å². The largest absolute Gasteiger partial charge is 0.457 e. The first-order valence-electron chi connectivity index (χ1n) is 8.70. The number of carbonyl (C=O) groups excluding carboxylic acids is 1. The highest BCUT2D eigenvalue weighted by molar-refractivity contribution is 5.87. The van der Waals surface area contributed by atoms with Crippen molar-refractivity contribution >= 4 is 5.97 Å². The molecule has 0 amide bonds. The molecular formula is C23H20O3. The van der Waals surface area contributed by atoms with Crippen LogP contribution in [0.4, 0.5) is 0 Å². The van der Waals surface area contributed by atoms with Crippen LogP contribution in [-0.4, -0.2) is 5.97 Å². The second kappa shape index (κ2) is 6.34. The molecule has 0 aromatic heterocycles. The minimum absolute atomic E-state index is 0.287. The first kappa shape index (κ1) is 16.4. The Labute approximate surface area is 153 Å². The summed E-state index contributed by atoms with van der Waals surface area (Å²) in [4.78, 5) is 13.2. The Hall–Kier alpha value is -3.07. The van der Waals surface area contributed by atoms with Gasteiger partial charge >= 0.3 is 5.97 Å². The van der Waals surface area contributed by atoms with Crippen LogP contribution in [0.25, 0.3) is 0 Å². The van der Waals surface area contributed by atoms with E-state index in [1.54, 1.807) is 0 Å². The fraction of sp³-hybridized carbons (Fsp3) is 0.174.